The first-order chi connectivity index (χ1) is 11.9. The van der Waals surface area contributed by atoms with Crippen LogP contribution in [-0.4, -0.2) is 39.5 Å². The van der Waals surface area contributed by atoms with E-state index in [0.717, 1.165) is 4.68 Å². The third kappa shape index (κ3) is 4.76. The molecule has 1 aromatic heterocycles. The molecule has 0 aliphatic rings. The Bertz CT molecular complexity index is 664. The third-order valence-electron chi connectivity index (χ3n) is 5.00. The van der Waals surface area contributed by atoms with Crippen LogP contribution in [0.1, 0.15) is 56.5 Å². The molecule has 0 fully saturated rings. The van der Waals surface area contributed by atoms with Crippen molar-refractivity contribution < 1.29 is 27.9 Å². The molecular weight excluding hydrogens is 351 g/mol. The molecule has 0 radical (unpaired) electrons. The zero-order chi connectivity index (χ0) is 20.3. The molecule has 1 amide bonds. The number of nitrogens with zero attached hydrogens (tertiary/aromatic N) is 2. The monoisotopic (exact) mass is 377 g/mol. The number of hydrogen-bond acceptors (Lipinski definition) is 3. The lowest BCUT2D eigenvalue weighted by Crippen LogP contribution is -2.43. The summed E-state index contributed by atoms with van der Waals surface area (Å²) in [5, 5.41) is 15.9. The topological polar surface area (TPSA) is 84.2 Å². The average molecular weight is 377 g/mol. The highest BCUT2D eigenvalue weighted by molar-refractivity contribution is 5.84. The summed E-state index contributed by atoms with van der Waals surface area (Å²) in [6, 6.07) is 0. The van der Waals surface area contributed by atoms with Crippen molar-refractivity contribution >= 4 is 11.9 Å². The molecule has 0 saturated heterocycles. The van der Waals surface area contributed by atoms with Gasteiger partial charge in [0.15, 0.2) is 0 Å². The van der Waals surface area contributed by atoms with Crippen LogP contribution >= 0.6 is 0 Å². The molecule has 9 heteroatoms. The number of hydrogen-bond donors (Lipinski definition) is 2. The number of amides is 1. The molecule has 1 aromatic rings. The Labute approximate surface area is 150 Å². The molecule has 0 bridgehead atoms. The Morgan fingerprint density at radius 2 is 1.77 bits per heavy atom. The van der Waals surface area contributed by atoms with E-state index >= 15 is 0 Å². The molecule has 2 N–H and O–H groups in total. The fourth-order valence-corrected chi connectivity index (χ4v) is 3.08. The summed E-state index contributed by atoms with van der Waals surface area (Å²) in [7, 11) is 0. The van der Waals surface area contributed by atoms with Crippen molar-refractivity contribution in [1.82, 2.24) is 15.1 Å². The molecule has 0 aliphatic carbocycles. The van der Waals surface area contributed by atoms with E-state index < -0.39 is 35.9 Å². The van der Waals surface area contributed by atoms with Crippen molar-refractivity contribution in [2.24, 2.45) is 5.41 Å². The van der Waals surface area contributed by atoms with Crippen LogP contribution in [0.4, 0.5) is 13.2 Å². The number of halogens is 3. The summed E-state index contributed by atoms with van der Waals surface area (Å²) in [4.78, 5) is 24.0. The second-order valence-corrected chi connectivity index (χ2v) is 6.59. The highest BCUT2D eigenvalue weighted by Crippen LogP contribution is 2.28. The van der Waals surface area contributed by atoms with Gasteiger partial charge in [-0.1, -0.05) is 13.8 Å². The second-order valence-electron chi connectivity index (χ2n) is 6.59. The van der Waals surface area contributed by atoms with Crippen LogP contribution in [-0.2, 0) is 16.1 Å². The molecule has 0 saturated carbocycles. The number of aromatic nitrogens is 2. The van der Waals surface area contributed by atoms with Crippen LogP contribution in [0.3, 0.4) is 0 Å². The quantitative estimate of drug-likeness (QED) is 0.729. The Morgan fingerprint density at radius 3 is 2.19 bits per heavy atom. The SMILES string of the molecule is CCC(CC)(CNC(=O)C(C)c1c(C)nn(CC(F)(F)F)c1C)C(=O)O. The van der Waals surface area contributed by atoms with Crippen LogP contribution in [0.15, 0.2) is 0 Å². The molecule has 148 valence electrons. The Balaban J connectivity index is 2.97. The number of rotatable bonds is 8. The first kappa shape index (κ1) is 22.0. The summed E-state index contributed by atoms with van der Waals surface area (Å²) in [6.07, 6.45) is -3.69. The van der Waals surface area contributed by atoms with Crippen LogP contribution in [0.25, 0.3) is 0 Å². The van der Waals surface area contributed by atoms with Gasteiger partial charge in [-0.2, -0.15) is 18.3 Å². The van der Waals surface area contributed by atoms with Crippen molar-refractivity contribution in [3.8, 4) is 0 Å². The van der Waals surface area contributed by atoms with Crippen molar-refractivity contribution in [1.29, 1.82) is 0 Å². The number of carboxylic acids is 1. The van der Waals surface area contributed by atoms with Gasteiger partial charge in [0.25, 0.3) is 0 Å². The van der Waals surface area contributed by atoms with Gasteiger partial charge < -0.3 is 10.4 Å². The first-order valence-electron chi connectivity index (χ1n) is 8.50. The van der Waals surface area contributed by atoms with E-state index in [1.807, 2.05) is 0 Å². The molecule has 1 rings (SSSR count). The number of carbonyl (C=O) groups excluding carboxylic acids is 1. The summed E-state index contributed by atoms with van der Waals surface area (Å²) in [5.41, 5.74) is 0.00318. The molecule has 1 unspecified atom stereocenters. The van der Waals surface area contributed by atoms with E-state index in [9.17, 15) is 27.9 Å². The molecule has 26 heavy (non-hydrogen) atoms. The van der Waals surface area contributed by atoms with Crippen molar-refractivity contribution in [3.05, 3.63) is 17.0 Å². The minimum absolute atomic E-state index is 0.0344. The van der Waals surface area contributed by atoms with Crippen LogP contribution in [0, 0.1) is 19.3 Å². The van der Waals surface area contributed by atoms with E-state index in [0.29, 0.717) is 24.1 Å². The predicted molar refractivity (Wildman–Crippen MR) is 89.8 cm³/mol. The lowest BCUT2D eigenvalue weighted by atomic mass is 9.82. The molecule has 0 aromatic carbocycles. The average Bonchev–Trinajstić information content (AvgIpc) is 2.79. The smallest absolute Gasteiger partial charge is 0.408 e. The predicted octanol–water partition coefficient (Wildman–Crippen LogP) is 3.17. The first-order valence-corrected chi connectivity index (χ1v) is 8.50. The lowest BCUT2D eigenvalue weighted by Gasteiger charge is -2.27. The van der Waals surface area contributed by atoms with Crippen LogP contribution in [0.5, 0.6) is 0 Å². The summed E-state index contributed by atoms with van der Waals surface area (Å²) >= 11 is 0. The van der Waals surface area contributed by atoms with Gasteiger partial charge in [0, 0.05) is 17.8 Å². The highest BCUT2D eigenvalue weighted by atomic mass is 19.4. The number of nitrogens with one attached hydrogen (secondary N) is 1. The van der Waals surface area contributed by atoms with Gasteiger partial charge in [0.05, 0.1) is 17.0 Å². The Hall–Kier alpha value is -2.06. The summed E-state index contributed by atoms with van der Waals surface area (Å²) in [6.45, 7) is 6.84. The maximum Gasteiger partial charge on any atom is 0.408 e. The number of aryl methyl sites for hydroxylation is 1. The largest absolute Gasteiger partial charge is 0.481 e. The fraction of sp³-hybridized carbons (Fsp3) is 0.706. The fourth-order valence-electron chi connectivity index (χ4n) is 3.08. The van der Waals surface area contributed by atoms with Crippen molar-refractivity contribution in [2.75, 3.05) is 6.54 Å². The van der Waals surface area contributed by atoms with Gasteiger partial charge in [-0.15, -0.1) is 0 Å². The lowest BCUT2D eigenvalue weighted by molar-refractivity contribution is -0.149. The Morgan fingerprint density at radius 1 is 1.23 bits per heavy atom. The van der Waals surface area contributed by atoms with Gasteiger partial charge in [0.1, 0.15) is 6.54 Å². The molecular formula is C17H26F3N3O3. The molecule has 1 atom stereocenters. The van der Waals surface area contributed by atoms with Gasteiger partial charge in [-0.3, -0.25) is 14.3 Å². The zero-order valence-corrected chi connectivity index (χ0v) is 15.7. The van der Waals surface area contributed by atoms with E-state index in [-0.39, 0.29) is 12.2 Å². The summed E-state index contributed by atoms with van der Waals surface area (Å²) < 4.78 is 38.7. The maximum absolute atomic E-state index is 12.6. The standard InChI is InChI=1S/C17H26F3N3O3/c1-6-16(7-2,15(25)26)8-21-14(24)10(3)13-11(4)22-23(12(13)5)9-17(18,19)20/h10H,6-9H2,1-5H3,(H,21,24)(H,25,26). The van der Waals surface area contributed by atoms with Gasteiger partial charge in [-0.05, 0) is 33.6 Å². The number of alkyl halides is 3. The maximum atomic E-state index is 12.6. The molecule has 0 aliphatic heterocycles. The number of carbonyl (C=O) groups is 2. The van der Waals surface area contributed by atoms with E-state index in [4.69, 9.17) is 0 Å². The summed E-state index contributed by atoms with van der Waals surface area (Å²) in [5.74, 6) is -2.16. The Kier molecular flexibility index (Phi) is 6.84. The van der Waals surface area contributed by atoms with Crippen molar-refractivity contribution in [2.45, 2.75) is 66.1 Å². The molecule has 0 spiro atoms. The van der Waals surface area contributed by atoms with Gasteiger partial charge in [-0.25, -0.2) is 0 Å². The minimum atomic E-state index is -4.41. The number of aliphatic carboxylic acids is 1. The minimum Gasteiger partial charge on any atom is -0.481 e. The third-order valence-corrected chi connectivity index (χ3v) is 5.00. The van der Waals surface area contributed by atoms with E-state index in [2.05, 4.69) is 10.4 Å². The molecule has 6 nitrogen and oxygen atoms in total. The van der Waals surface area contributed by atoms with Crippen LogP contribution < -0.4 is 5.32 Å². The van der Waals surface area contributed by atoms with Gasteiger partial charge in [0.2, 0.25) is 5.91 Å². The highest BCUT2D eigenvalue weighted by Gasteiger charge is 2.36. The normalized spacial score (nSPS) is 13.5. The van der Waals surface area contributed by atoms with Crippen LogP contribution in [0.2, 0.25) is 0 Å². The van der Waals surface area contributed by atoms with E-state index in [1.54, 1.807) is 27.7 Å². The number of carboxylic acid groups (broad SMARTS) is 1. The van der Waals surface area contributed by atoms with Gasteiger partial charge >= 0.3 is 12.1 Å². The van der Waals surface area contributed by atoms with E-state index in [1.165, 1.54) is 6.92 Å². The molecule has 1 heterocycles. The van der Waals surface area contributed by atoms with Crippen molar-refractivity contribution in [3.63, 3.8) is 0 Å². The second kappa shape index (κ2) is 8.09. The zero-order valence-electron chi connectivity index (χ0n) is 15.7.